The Labute approximate surface area is 96.8 Å². The van der Waals surface area contributed by atoms with Crippen molar-refractivity contribution in [1.82, 2.24) is 5.32 Å². The Morgan fingerprint density at radius 1 is 1.38 bits per heavy atom. The molecule has 3 heteroatoms. The summed E-state index contributed by atoms with van der Waals surface area (Å²) < 4.78 is 18.5. The number of benzene rings is 1. The summed E-state index contributed by atoms with van der Waals surface area (Å²) in [6.07, 6.45) is 0. The van der Waals surface area contributed by atoms with E-state index in [0.29, 0.717) is 0 Å². The third-order valence-corrected chi connectivity index (χ3v) is 3.39. The van der Waals surface area contributed by atoms with Crippen LogP contribution in [0.15, 0.2) is 18.2 Å². The molecule has 16 heavy (non-hydrogen) atoms. The quantitative estimate of drug-likeness (QED) is 0.850. The van der Waals surface area contributed by atoms with Gasteiger partial charge >= 0.3 is 0 Å². The first-order valence-corrected chi connectivity index (χ1v) is 5.44. The zero-order chi connectivity index (χ0) is 12.3. The van der Waals surface area contributed by atoms with Gasteiger partial charge in [-0.3, -0.25) is 0 Å². The van der Waals surface area contributed by atoms with Crippen molar-refractivity contribution in [3.05, 3.63) is 29.6 Å². The van der Waals surface area contributed by atoms with Crippen LogP contribution in [0.3, 0.4) is 0 Å². The molecule has 0 spiro atoms. The van der Waals surface area contributed by atoms with Crippen LogP contribution in [-0.4, -0.2) is 19.7 Å². The fourth-order valence-corrected chi connectivity index (χ4v) is 1.65. The molecule has 1 aromatic carbocycles. The maximum absolute atomic E-state index is 13.3. The molecule has 1 rings (SSSR count). The lowest BCUT2D eigenvalue weighted by Crippen LogP contribution is -2.41. The van der Waals surface area contributed by atoms with Crippen LogP contribution in [0, 0.1) is 5.82 Å². The molecule has 0 aromatic heterocycles. The zero-order valence-corrected chi connectivity index (χ0v) is 10.6. The molecule has 1 atom stereocenters. The van der Waals surface area contributed by atoms with Crippen LogP contribution >= 0.6 is 0 Å². The predicted octanol–water partition coefficient (Wildman–Crippen LogP) is 2.94. The minimum absolute atomic E-state index is 0.110. The Kier molecular flexibility index (Phi) is 3.92. The molecular formula is C13H20FNO. The second-order valence-electron chi connectivity index (χ2n) is 4.58. The Balaban J connectivity index is 3.16. The summed E-state index contributed by atoms with van der Waals surface area (Å²) in [7, 11) is 3.51. The number of ether oxygens (including phenoxy) is 1. The van der Waals surface area contributed by atoms with Crippen LogP contribution in [0.4, 0.5) is 4.39 Å². The SMILES string of the molecule is CNC(C)(C)C(C)c1cc(F)ccc1OC. The van der Waals surface area contributed by atoms with E-state index in [9.17, 15) is 4.39 Å². The fourth-order valence-electron chi connectivity index (χ4n) is 1.65. The number of likely N-dealkylation sites (N-methyl/N-ethyl adjacent to an activating group) is 1. The summed E-state index contributed by atoms with van der Waals surface area (Å²) in [6.45, 7) is 6.23. The molecule has 0 heterocycles. The van der Waals surface area contributed by atoms with E-state index in [-0.39, 0.29) is 17.3 Å². The van der Waals surface area contributed by atoms with Crippen molar-refractivity contribution in [3.63, 3.8) is 0 Å². The standard InChI is InChI=1S/C13H20FNO/c1-9(13(2,3)15-4)11-8-10(14)6-7-12(11)16-5/h6-9,15H,1-5H3. The van der Waals surface area contributed by atoms with Crippen molar-refractivity contribution in [1.29, 1.82) is 0 Å². The molecule has 0 amide bonds. The Bertz CT molecular complexity index is 363. The normalized spacial score (nSPS) is 13.6. The van der Waals surface area contributed by atoms with E-state index in [1.165, 1.54) is 6.07 Å². The highest BCUT2D eigenvalue weighted by Crippen LogP contribution is 2.34. The average Bonchev–Trinajstić information content (AvgIpc) is 2.28. The highest BCUT2D eigenvalue weighted by molar-refractivity contribution is 5.38. The van der Waals surface area contributed by atoms with Crippen LogP contribution < -0.4 is 10.1 Å². The first-order chi connectivity index (χ1) is 7.42. The van der Waals surface area contributed by atoms with Gasteiger partial charge in [-0.05, 0) is 39.1 Å². The third-order valence-electron chi connectivity index (χ3n) is 3.39. The van der Waals surface area contributed by atoms with Gasteiger partial charge in [-0.1, -0.05) is 6.92 Å². The summed E-state index contributed by atoms with van der Waals surface area (Å²) >= 11 is 0. The summed E-state index contributed by atoms with van der Waals surface area (Å²) in [4.78, 5) is 0. The number of nitrogens with one attached hydrogen (secondary N) is 1. The van der Waals surface area contributed by atoms with Crippen molar-refractivity contribution in [3.8, 4) is 5.75 Å². The van der Waals surface area contributed by atoms with Crippen LogP contribution in [0.2, 0.25) is 0 Å². The lowest BCUT2D eigenvalue weighted by Gasteiger charge is -2.32. The van der Waals surface area contributed by atoms with Crippen molar-refractivity contribution in [2.24, 2.45) is 0 Å². The summed E-state index contributed by atoms with van der Waals surface area (Å²) in [5.41, 5.74) is 0.781. The maximum Gasteiger partial charge on any atom is 0.123 e. The molecule has 0 saturated heterocycles. The van der Waals surface area contributed by atoms with E-state index in [2.05, 4.69) is 26.1 Å². The smallest absolute Gasteiger partial charge is 0.123 e. The molecule has 0 bridgehead atoms. The van der Waals surface area contributed by atoms with Crippen molar-refractivity contribution < 1.29 is 9.13 Å². The van der Waals surface area contributed by atoms with E-state index in [4.69, 9.17) is 4.74 Å². The van der Waals surface area contributed by atoms with Crippen molar-refractivity contribution in [2.75, 3.05) is 14.2 Å². The molecule has 1 aromatic rings. The van der Waals surface area contributed by atoms with Gasteiger partial charge in [0.1, 0.15) is 11.6 Å². The van der Waals surface area contributed by atoms with Gasteiger partial charge in [-0.2, -0.15) is 0 Å². The van der Waals surface area contributed by atoms with E-state index < -0.39 is 0 Å². The summed E-state index contributed by atoms with van der Waals surface area (Å²) in [5, 5.41) is 3.23. The van der Waals surface area contributed by atoms with Gasteiger partial charge in [0.25, 0.3) is 0 Å². The minimum Gasteiger partial charge on any atom is -0.496 e. The molecular weight excluding hydrogens is 205 g/mol. The first-order valence-electron chi connectivity index (χ1n) is 5.44. The second kappa shape index (κ2) is 4.83. The number of methoxy groups -OCH3 is 1. The van der Waals surface area contributed by atoms with Crippen molar-refractivity contribution >= 4 is 0 Å². The lowest BCUT2D eigenvalue weighted by atomic mass is 9.83. The van der Waals surface area contributed by atoms with Gasteiger partial charge in [0, 0.05) is 17.0 Å². The van der Waals surface area contributed by atoms with Gasteiger partial charge < -0.3 is 10.1 Å². The van der Waals surface area contributed by atoms with Crippen LogP contribution in [-0.2, 0) is 0 Å². The number of hydrogen-bond acceptors (Lipinski definition) is 2. The topological polar surface area (TPSA) is 21.3 Å². The third kappa shape index (κ3) is 2.53. The second-order valence-corrected chi connectivity index (χ2v) is 4.58. The van der Waals surface area contributed by atoms with Crippen LogP contribution in [0.25, 0.3) is 0 Å². The Morgan fingerprint density at radius 3 is 2.50 bits per heavy atom. The molecule has 2 nitrogen and oxygen atoms in total. The largest absolute Gasteiger partial charge is 0.496 e. The number of halogens is 1. The Morgan fingerprint density at radius 2 is 2.00 bits per heavy atom. The highest BCUT2D eigenvalue weighted by Gasteiger charge is 2.27. The van der Waals surface area contributed by atoms with E-state index >= 15 is 0 Å². The summed E-state index contributed by atoms with van der Waals surface area (Å²) in [5.74, 6) is 0.662. The van der Waals surface area contributed by atoms with Crippen LogP contribution in [0.5, 0.6) is 5.75 Å². The van der Waals surface area contributed by atoms with Crippen molar-refractivity contribution in [2.45, 2.75) is 32.2 Å². The zero-order valence-electron chi connectivity index (χ0n) is 10.6. The minimum atomic E-state index is -0.227. The molecule has 1 N–H and O–H groups in total. The molecule has 0 saturated carbocycles. The Hall–Kier alpha value is -1.09. The molecule has 0 aliphatic carbocycles. The molecule has 0 fully saturated rings. The molecule has 1 unspecified atom stereocenters. The molecule has 0 aliphatic heterocycles. The molecule has 0 radical (unpaired) electrons. The maximum atomic E-state index is 13.3. The summed E-state index contributed by atoms with van der Waals surface area (Å²) in [6, 6.07) is 4.64. The predicted molar refractivity (Wildman–Crippen MR) is 64.5 cm³/mol. The van der Waals surface area contributed by atoms with Gasteiger partial charge in [0.2, 0.25) is 0 Å². The average molecular weight is 225 g/mol. The fraction of sp³-hybridized carbons (Fsp3) is 0.538. The van der Waals surface area contributed by atoms with Gasteiger partial charge in [0.05, 0.1) is 7.11 Å². The van der Waals surface area contributed by atoms with Crippen LogP contribution in [0.1, 0.15) is 32.3 Å². The number of hydrogen-bond donors (Lipinski definition) is 1. The monoisotopic (exact) mass is 225 g/mol. The van der Waals surface area contributed by atoms with Gasteiger partial charge in [-0.25, -0.2) is 4.39 Å². The van der Waals surface area contributed by atoms with E-state index in [0.717, 1.165) is 11.3 Å². The van der Waals surface area contributed by atoms with E-state index in [1.807, 2.05) is 7.05 Å². The van der Waals surface area contributed by atoms with Gasteiger partial charge in [0.15, 0.2) is 0 Å². The molecule has 90 valence electrons. The highest BCUT2D eigenvalue weighted by atomic mass is 19.1. The van der Waals surface area contributed by atoms with Gasteiger partial charge in [-0.15, -0.1) is 0 Å². The van der Waals surface area contributed by atoms with E-state index in [1.54, 1.807) is 19.2 Å². The lowest BCUT2D eigenvalue weighted by molar-refractivity contribution is 0.342. The first kappa shape index (κ1) is 13.0. The number of rotatable bonds is 4. The molecule has 0 aliphatic rings.